The normalized spacial score (nSPS) is 19.1. The van der Waals surface area contributed by atoms with Crippen LogP contribution >= 0.6 is 11.3 Å². The molecule has 1 aliphatic rings. The molecule has 2 rings (SSSR count). The van der Waals surface area contributed by atoms with Gasteiger partial charge >= 0.3 is 0 Å². The number of hydrogen-bond donors (Lipinski definition) is 2. The summed E-state index contributed by atoms with van der Waals surface area (Å²) >= 11 is 1.56. The first-order chi connectivity index (χ1) is 11.0. The summed E-state index contributed by atoms with van der Waals surface area (Å²) in [6.45, 7) is 4.74. The lowest BCUT2D eigenvalue weighted by Crippen LogP contribution is -2.50. The lowest BCUT2D eigenvalue weighted by molar-refractivity contribution is -0.138. The van der Waals surface area contributed by atoms with Gasteiger partial charge in [-0.05, 0) is 36.6 Å². The van der Waals surface area contributed by atoms with E-state index in [1.807, 2.05) is 31.4 Å². The summed E-state index contributed by atoms with van der Waals surface area (Å²) in [5.41, 5.74) is 0. The van der Waals surface area contributed by atoms with Gasteiger partial charge in [0.25, 0.3) is 0 Å². The second-order valence-corrected chi connectivity index (χ2v) is 7.40. The highest BCUT2D eigenvalue weighted by molar-refractivity contribution is 7.10. The van der Waals surface area contributed by atoms with Gasteiger partial charge in [-0.25, -0.2) is 0 Å². The van der Waals surface area contributed by atoms with Crippen LogP contribution in [0.5, 0.6) is 0 Å². The molecule has 1 saturated heterocycles. The Morgan fingerprint density at radius 1 is 1.48 bits per heavy atom. The van der Waals surface area contributed by atoms with Crippen LogP contribution < -0.4 is 5.32 Å². The van der Waals surface area contributed by atoms with Crippen molar-refractivity contribution in [2.24, 2.45) is 5.92 Å². The topological polar surface area (TPSA) is 69.6 Å². The monoisotopic (exact) mass is 338 g/mol. The van der Waals surface area contributed by atoms with Crippen LogP contribution in [-0.4, -0.2) is 47.1 Å². The molecule has 128 valence electrons. The molecule has 1 aromatic heterocycles. The Balaban J connectivity index is 1.97. The van der Waals surface area contributed by atoms with E-state index < -0.39 is 0 Å². The van der Waals surface area contributed by atoms with E-state index in [4.69, 9.17) is 5.11 Å². The Morgan fingerprint density at radius 3 is 2.87 bits per heavy atom. The fourth-order valence-electron chi connectivity index (χ4n) is 2.99. The number of thiophene rings is 1. The molecule has 0 radical (unpaired) electrons. The second kappa shape index (κ2) is 8.45. The first kappa shape index (κ1) is 17.9. The van der Waals surface area contributed by atoms with Gasteiger partial charge in [0.1, 0.15) is 6.04 Å². The highest BCUT2D eigenvalue weighted by atomic mass is 32.1. The average molecular weight is 338 g/mol. The molecule has 23 heavy (non-hydrogen) atoms. The van der Waals surface area contributed by atoms with E-state index in [1.54, 1.807) is 16.2 Å². The maximum absolute atomic E-state index is 12.6. The molecule has 2 amide bonds. The predicted octanol–water partition coefficient (Wildman–Crippen LogP) is 1.80. The van der Waals surface area contributed by atoms with E-state index >= 15 is 0 Å². The second-order valence-electron chi connectivity index (χ2n) is 6.37. The summed E-state index contributed by atoms with van der Waals surface area (Å²) in [4.78, 5) is 27.8. The van der Waals surface area contributed by atoms with Gasteiger partial charge in [-0.15, -0.1) is 11.3 Å². The molecule has 0 aliphatic carbocycles. The Labute approximate surface area is 141 Å². The summed E-state index contributed by atoms with van der Waals surface area (Å²) < 4.78 is 0. The van der Waals surface area contributed by atoms with Gasteiger partial charge in [-0.1, -0.05) is 19.9 Å². The summed E-state index contributed by atoms with van der Waals surface area (Å²) in [6.07, 6.45) is 2.48. The van der Waals surface area contributed by atoms with E-state index in [0.29, 0.717) is 25.8 Å². The number of aliphatic hydroxyl groups is 1. The van der Waals surface area contributed by atoms with E-state index in [-0.39, 0.29) is 36.4 Å². The first-order valence-corrected chi connectivity index (χ1v) is 9.14. The van der Waals surface area contributed by atoms with Crippen LogP contribution in [0.3, 0.4) is 0 Å². The van der Waals surface area contributed by atoms with Crippen molar-refractivity contribution in [1.82, 2.24) is 10.2 Å². The van der Waals surface area contributed by atoms with Gasteiger partial charge < -0.3 is 15.3 Å². The Morgan fingerprint density at radius 2 is 2.26 bits per heavy atom. The van der Waals surface area contributed by atoms with Crippen molar-refractivity contribution in [1.29, 1.82) is 0 Å². The van der Waals surface area contributed by atoms with Gasteiger partial charge in [0, 0.05) is 24.1 Å². The Hall–Kier alpha value is -1.40. The Bertz CT molecular complexity index is 516. The van der Waals surface area contributed by atoms with E-state index in [9.17, 15) is 9.59 Å². The number of carbonyl (C=O) groups is 2. The maximum Gasteiger partial charge on any atom is 0.243 e. The molecule has 2 unspecified atom stereocenters. The van der Waals surface area contributed by atoms with Crippen molar-refractivity contribution >= 4 is 23.2 Å². The maximum atomic E-state index is 12.6. The van der Waals surface area contributed by atoms with Crippen molar-refractivity contribution in [2.75, 3.05) is 13.2 Å². The highest BCUT2D eigenvalue weighted by Crippen LogP contribution is 2.21. The third kappa shape index (κ3) is 4.78. The molecular weight excluding hydrogens is 312 g/mol. The van der Waals surface area contributed by atoms with Crippen molar-refractivity contribution in [2.45, 2.75) is 51.6 Å². The third-order valence-corrected chi connectivity index (χ3v) is 5.23. The highest BCUT2D eigenvalue weighted by Gasteiger charge is 2.35. The largest absolute Gasteiger partial charge is 0.396 e. The van der Waals surface area contributed by atoms with Crippen LogP contribution in [0.25, 0.3) is 0 Å². The quantitative estimate of drug-likeness (QED) is 0.796. The number of nitrogens with zero attached hydrogens (tertiary/aromatic N) is 1. The van der Waals surface area contributed by atoms with Crippen LogP contribution in [0.4, 0.5) is 0 Å². The smallest absolute Gasteiger partial charge is 0.243 e. The molecule has 2 N–H and O–H groups in total. The van der Waals surface area contributed by atoms with Gasteiger partial charge in [0.2, 0.25) is 11.8 Å². The molecule has 6 heteroatoms. The minimum Gasteiger partial charge on any atom is -0.396 e. The fraction of sp³-hybridized carbons (Fsp3) is 0.647. The number of nitrogens with one attached hydrogen (secondary N) is 1. The van der Waals surface area contributed by atoms with Crippen molar-refractivity contribution < 1.29 is 14.7 Å². The number of hydrogen-bond acceptors (Lipinski definition) is 4. The molecule has 1 fully saturated rings. The fourth-order valence-corrected chi connectivity index (χ4v) is 3.69. The number of aliphatic hydroxyl groups excluding tert-OH is 1. The molecule has 1 aromatic rings. The Kier molecular flexibility index (Phi) is 6.59. The zero-order valence-corrected chi connectivity index (χ0v) is 14.6. The van der Waals surface area contributed by atoms with Crippen LogP contribution in [0.2, 0.25) is 0 Å². The molecule has 2 heterocycles. The van der Waals surface area contributed by atoms with Crippen molar-refractivity contribution in [3.8, 4) is 0 Å². The molecule has 0 bridgehead atoms. The minimum atomic E-state index is -0.373. The number of amides is 2. The molecule has 0 aromatic carbocycles. The zero-order valence-electron chi connectivity index (χ0n) is 13.8. The predicted molar refractivity (Wildman–Crippen MR) is 91.2 cm³/mol. The molecule has 0 saturated carbocycles. The van der Waals surface area contributed by atoms with Gasteiger partial charge in [0.05, 0.1) is 6.42 Å². The van der Waals surface area contributed by atoms with Crippen molar-refractivity contribution in [3.05, 3.63) is 22.4 Å². The first-order valence-electron chi connectivity index (χ1n) is 8.26. The van der Waals surface area contributed by atoms with E-state index in [0.717, 1.165) is 11.3 Å². The SMILES string of the molecule is CC(C)C(CCO)NC(=O)C1CCCN1C(=O)Cc1cccs1. The van der Waals surface area contributed by atoms with E-state index in [1.165, 1.54) is 0 Å². The number of rotatable bonds is 7. The van der Waals surface area contributed by atoms with Crippen LogP contribution in [0, 0.1) is 5.92 Å². The third-order valence-electron chi connectivity index (χ3n) is 4.35. The summed E-state index contributed by atoms with van der Waals surface area (Å²) in [5, 5.41) is 14.1. The number of carbonyl (C=O) groups excluding carboxylic acids is 2. The van der Waals surface area contributed by atoms with Gasteiger partial charge in [0.15, 0.2) is 0 Å². The van der Waals surface area contributed by atoms with Gasteiger partial charge in [-0.3, -0.25) is 9.59 Å². The zero-order chi connectivity index (χ0) is 16.8. The summed E-state index contributed by atoms with van der Waals surface area (Å²) in [7, 11) is 0. The van der Waals surface area contributed by atoms with Crippen LogP contribution in [0.1, 0.15) is 38.0 Å². The molecule has 2 atom stereocenters. The van der Waals surface area contributed by atoms with Crippen molar-refractivity contribution in [3.63, 3.8) is 0 Å². The van der Waals surface area contributed by atoms with Crippen LogP contribution in [0.15, 0.2) is 17.5 Å². The molecular formula is C17H26N2O3S. The molecule has 5 nitrogen and oxygen atoms in total. The average Bonchev–Trinajstić information content (AvgIpc) is 3.17. The number of likely N-dealkylation sites (tertiary alicyclic amines) is 1. The van der Waals surface area contributed by atoms with Gasteiger partial charge in [-0.2, -0.15) is 0 Å². The standard InChI is InChI=1S/C17H26N2O3S/c1-12(2)14(7-9-20)18-17(22)15-6-3-8-19(15)16(21)11-13-5-4-10-23-13/h4-5,10,12,14-15,20H,3,6-9,11H2,1-2H3,(H,18,22). The summed E-state index contributed by atoms with van der Waals surface area (Å²) in [5.74, 6) is 0.185. The van der Waals surface area contributed by atoms with Crippen LogP contribution in [-0.2, 0) is 16.0 Å². The van der Waals surface area contributed by atoms with E-state index in [2.05, 4.69) is 5.32 Å². The lowest BCUT2D eigenvalue weighted by atomic mass is 10.0. The summed E-state index contributed by atoms with van der Waals surface area (Å²) in [6, 6.07) is 3.46. The molecule has 1 aliphatic heterocycles. The molecule has 0 spiro atoms. The lowest BCUT2D eigenvalue weighted by Gasteiger charge is -2.28. The minimum absolute atomic E-state index is 0.0216.